The quantitative estimate of drug-likeness (QED) is 0.660. The minimum atomic E-state index is -0.655. The van der Waals surface area contributed by atoms with E-state index in [1.165, 1.54) is 6.07 Å². The van der Waals surface area contributed by atoms with Crippen LogP contribution in [0.5, 0.6) is 5.75 Å². The molecule has 3 aromatic rings. The number of rotatable bonds is 5. The van der Waals surface area contributed by atoms with E-state index in [0.717, 1.165) is 16.5 Å². The second-order valence-corrected chi connectivity index (χ2v) is 6.35. The van der Waals surface area contributed by atoms with Gasteiger partial charge in [-0.3, -0.25) is 4.79 Å². The van der Waals surface area contributed by atoms with E-state index in [-0.39, 0.29) is 5.91 Å². The summed E-state index contributed by atoms with van der Waals surface area (Å²) in [6.45, 7) is 4.07. The van der Waals surface area contributed by atoms with E-state index in [0.29, 0.717) is 17.9 Å². The second kappa shape index (κ2) is 7.44. The number of carbonyl (C=O) groups is 1. The van der Waals surface area contributed by atoms with Crippen LogP contribution in [0, 0.1) is 6.92 Å². The fourth-order valence-corrected chi connectivity index (χ4v) is 2.88. The van der Waals surface area contributed by atoms with E-state index < -0.39 is 11.7 Å². The first kappa shape index (κ1) is 17.7. The molecule has 0 aliphatic carbocycles. The molecule has 0 radical (unpaired) electrons. The summed E-state index contributed by atoms with van der Waals surface area (Å²) in [5, 5.41) is 0.845. The van der Waals surface area contributed by atoms with E-state index in [2.05, 4.69) is 0 Å². The number of hydrogen-bond donors (Lipinski definition) is 0. The molecule has 2 aromatic carbocycles. The van der Waals surface area contributed by atoms with Gasteiger partial charge in [0.2, 0.25) is 0 Å². The highest BCUT2D eigenvalue weighted by molar-refractivity contribution is 5.82. The van der Waals surface area contributed by atoms with Gasteiger partial charge in [0.25, 0.3) is 5.91 Å². The Hall–Kier alpha value is -3.08. The summed E-state index contributed by atoms with van der Waals surface area (Å²) >= 11 is 0. The molecule has 5 nitrogen and oxygen atoms in total. The lowest BCUT2D eigenvalue weighted by molar-refractivity contribution is -0.137. The van der Waals surface area contributed by atoms with Crippen LogP contribution in [0.3, 0.4) is 0 Å². The molecule has 1 amide bonds. The minimum absolute atomic E-state index is 0.125. The molecule has 5 heteroatoms. The van der Waals surface area contributed by atoms with Gasteiger partial charge in [0, 0.05) is 31.1 Å². The maximum absolute atomic E-state index is 12.6. The van der Waals surface area contributed by atoms with Crippen molar-refractivity contribution in [3.8, 4) is 5.75 Å². The van der Waals surface area contributed by atoms with Crippen LogP contribution in [-0.2, 0) is 11.3 Å². The molecular formula is C21H21NO4. The number of hydrogen-bond acceptors (Lipinski definition) is 4. The van der Waals surface area contributed by atoms with Gasteiger partial charge in [0.1, 0.15) is 11.3 Å². The van der Waals surface area contributed by atoms with Gasteiger partial charge in [-0.2, -0.15) is 0 Å². The molecule has 3 rings (SSSR count). The van der Waals surface area contributed by atoms with Crippen LogP contribution in [0.4, 0.5) is 0 Å². The average Bonchev–Trinajstić information content (AvgIpc) is 2.61. The van der Waals surface area contributed by atoms with Crippen LogP contribution < -0.4 is 10.4 Å². The normalized spacial score (nSPS) is 12.0. The molecule has 0 aliphatic heterocycles. The molecule has 1 atom stereocenters. The van der Waals surface area contributed by atoms with E-state index in [1.54, 1.807) is 31.0 Å². The highest BCUT2D eigenvalue weighted by Gasteiger charge is 2.19. The van der Waals surface area contributed by atoms with E-state index >= 15 is 0 Å². The molecule has 0 unspecified atom stereocenters. The molecule has 0 aliphatic rings. The van der Waals surface area contributed by atoms with Crippen molar-refractivity contribution in [2.75, 3.05) is 7.05 Å². The fourth-order valence-electron chi connectivity index (χ4n) is 2.88. The Kier molecular flexibility index (Phi) is 5.07. The largest absolute Gasteiger partial charge is 0.481 e. The Morgan fingerprint density at radius 1 is 1.15 bits per heavy atom. The third-order valence-electron chi connectivity index (χ3n) is 4.22. The van der Waals surface area contributed by atoms with Crippen molar-refractivity contribution in [2.45, 2.75) is 26.5 Å². The average molecular weight is 351 g/mol. The second-order valence-electron chi connectivity index (χ2n) is 6.35. The van der Waals surface area contributed by atoms with Crippen LogP contribution in [0.25, 0.3) is 11.0 Å². The first-order valence-electron chi connectivity index (χ1n) is 8.44. The molecule has 0 saturated heterocycles. The number of amides is 1. The lowest BCUT2D eigenvalue weighted by Gasteiger charge is -2.22. The lowest BCUT2D eigenvalue weighted by Crippen LogP contribution is -2.37. The van der Waals surface area contributed by atoms with Crippen molar-refractivity contribution in [1.82, 2.24) is 4.90 Å². The van der Waals surface area contributed by atoms with Gasteiger partial charge in [0.15, 0.2) is 6.10 Å². The van der Waals surface area contributed by atoms with Gasteiger partial charge >= 0.3 is 5.63 Å². The van der Waals surface area contributed by atoms with Crippen molar-refractivity contribution in [1.29, 1.82) is 0 Å². The van der Waals surface area contributed by atoms with Gasteiger partial charge in [-0.1, -0.05) is 30.3 Å². The third kappa shape index (κ3) is 3.94. The summed E-state index contributed by atoms with van der Waals surface area (Å²) in [5.41, 5.74) is 1.94. The van der Waals surface area contributed by atoms with Crippen molar-refractivity contribution < 1.29 is 13.9 Å². The first-order valence-corrected chi connectivity index (χ1v) is 8.44. The maximum Gasteiger partial charge on any atom is 0.336 e. The maximum atomic E-state index is 12.6. The zero-order valence-corrected chi connectivity index (χ0v) is 15.1. The summed E-state index contributed by atoms with van der Waals surface area (Å²) in [5.74, 6) is 0.361. The summed E-state index contributed by atoms with van der Waals surface area (Å²) in [6.07, 6.45) is -0.655. The van der Waals surface area contributed by atoms with E-state index in [9.17, 15) is 9.59 Å². The van der Waals surface area contributed by atoms with Crippen LogP contribution in [0.1, 0.15) is 18.1 Å². The summed E-state index contributed by atoms with van der Waals surface area (Å²) in [6, 6.07) is 16.5. The van der Waals surface area contributed by atoms with Crippen molar-refractivity contribution >= 4 is 16.9 Å². The zero-order valence-electron chi connectivity index (χ0n) is 15.1. The molecule has 0 bridgehead atoms. The highest BCUT2D eigenvalue weighted by Crippen LogP contribution is 2.23. The highest BCUT2D eigenvalue weighted by atomic mass is 16.5. The number of nitrogens with zero attached hydrogens (tertiary/aromatic N) is 1. The molecular weight excluding hydrogens is 330 g/mol. The number of benzene rings is 2. The Morgan fingerprint density at radius 3 is 2.62 bits per heavy atom. The Morgan fingerprint density at radius 2 is 1.88 bits per heavy atom. The molecule has 26 heavy (non-hydrogen) atoms. The Labute approximate surface area is 151 Å². The Bertz CT molecular complexity index is 978. The number of likely N-dealkylation sites (N-methyl/N-ethyl adjacent to an activating group) is 1. The van der Waals surface area contributed by atoms with E-state index in [4.69, 9.17) is 9.15 Å². The number of aryl methyl sites for hydroxylation is 1. The summed E-state index contributed by atoms with van der Waals surface area (Å²) in [7, 11) is 1.75. The van der Waals surface area contributed by atoms with Crippen molar-refractivity contribution in [3.63, 3.8) is 0 Å². The van der Waals surface area contributed by atoms with Gasteiger partial charge in [-0.15, -0.1) is 0 Å². The molecule has 0 spiro atoms. The third-order valence-corrected chi connectivity index (χ3v) is 4.22. The zero-order chi connectivity index (χ0) is 18.7. The van der Waals surface area contributed by atoms with E-state index in [1.807, 2.05) is 43.3 Å². The van der Waals surface area contributed by atoms with Gasteiger partial charge in [0.05, 0.1) is 0 Å². The van der Waals surface area contributed by atoms with Crippen LogP contribution in [0.15, 0.2) is 63.8 Å². The van der Waals surface area contributed by atoms with Gasteiger partial charge < -0.3 is 14.1 Å². The lowest BCUT2D eigenvalue weighted by atomic mass is 10.1. The minimum Gasteiger partial charge on any atom is -0.481 e. The molecule has 134 valence electrons. The molecule has 1 aromatic heterocycles. The standard InChI is InChI=1S/C21H21NO4/c1-14-11-20(23)26-19-12-17(9-10-18(14)19)25-15(2)21(24)22(3)13-16-7-5-4-6-8-16/h4-12,15H,13H2,1-3H3/t15-/m1/s1. The molecule has 0 fully saturated rings. The fraction of sp³-hybridized carbons (Fsp3) is 0.238. The Balaban J connectivity index is 1.72. The number of fused-ring (bicyclic) bond motifs is 1. The number of ether oxygens (including phenoxy) is 1. The summed E-state index contributed by atoms with van der Waals surface area (Å²) < 4.78 is 11.0. The van der Waals surface area contributed by atoms with Crippen molar-refractivity contribution in [2.24, 2.45) is 0 Å². The molecule has 0 N–H and O–H groups in total. The smallest absolute Gasteiger partial charge is 0.336 e. The van der Waals surface area contributed by atoms with Crippen molar-refractivity contribution in [3.05, 3.63) is 76.1 Å². The van der Waals surface area contributed by atoms with Gasteiger partial charge in [-0.05, 0) is 37.1 Å². The monoisotopic (exact) mass is 351 g/mol. The molecule has 0 saturated carbocycles. The van der Waals surface area contributed by atoms with Crippen LogP contribution in [-0.4, -0.2) is 24.0 Å². The topological polar surface area (TPSA) is 59.8 Å². The molecule has 1 heterocycles. The summed E-state index contributed by atoms with van der Waals surface area (Å²) in [4.78, 5) is 25.7. The first-order chi connectivity index (χ1) is 12.4. The number of carbonyl (C=O) groups excluding carboxylic acids is 1. The van der Waals surface area contributed by atoms with Crippen LogP contribution >= 0.6 is 0 Å². The van der Waals surface area contributed by atoms with Gasteiger partial charge in [-0.25, -0.2) is 4.79 Å². The predicted octanol–water partition coefficient (Wildman–Crippen LogP) is 3.53. The van der Waals surface area contributed by atoms with Crippen LogP contribution in [0.2, 0.25) is 0 Å². The SMILES string of the molecule is Cc1cc(=O)oc2cc(O[C@H](C)C(=O)N(C)Cc3ccccc3)ccc12. The predicted molar refractivity (Wildman–Crippen MR) is 100 cm³/mol.